The van der Waals surface area contributed by atoms with Gasteiger partial charge >= 0.3 is 6.18 Å². The Morgan fingerprint density at radius 1 is 1.22 bits per heavy atom. The molecule has 1 aromatic carbocycles. The molecule has 0 aliphatic carbocycles. The molecule has 0 spiro atoms. The number of methoxy groups -OCH3 is 1. The van der Waals surface area contributed by atoms with Crippen molar-refractivity contribution in [2.75, 3.05) is 13.7 Å². The summed E-state index contributed by atoms with van der Waals surface area (Å²) in [6.45, 7) is 0.294. The van der Waals surface area contributed by atoms with Gasteiger partial charge in [-0.15, -0.1) is 0 Å². The number of aromatic nitrogens is 1. The fourth-order valence-corrected chi connectivity index (χ4v) is 2.00. The Morgan fingerprint density at radius 3 is 2.52 bits per heavy atom. The van der Waals surface area contributed by atoms with Gasteiger partial charge in [0.15, 0.2) is 0 Å². The third kappa shape index (κ3) is 4.45. The van der Waals surface area contributed by atoms with E-state index in [1.54, 1.807) is 12.1 Å². The molecule has 1 heterocycles. The predicted octanol–water partition coefficient (Wildman–Crippen LogP) is 3.08. The fraction of sp³-hybridized carbons (Fsp3) is 0.250. The Bertz CT molecular complexity index is 670. The topological polar surface area (TPSA) is 51.2 Å². The summed E-state index contributed by atoms with van der Waals surface area (Å²) in [7, 11) is 1.42. The van der Waals surface area contributed by atoms with Crippen molar-refractivity contribution in [3.05, 3.63) is 59.3 Å². The number of carbonyl (C=O) groups excluding carboxylic acids is 1. The standard InChI is InChI=1S/C16H15F3N2O2/c1-23-15-13(3-2-9-21-15)14(22)20-10-8-11-4-6-12(7-5-11)16(17,18)19/h2-7,9H,8,10H2,1H3,(H,20,22). The van der Waals surface area contributed by atoms with Crippen LogP contribution in [0.5, 0.6) is 5.88 Å². The molecule has 1 amide bonds. The van der Waals surface area contributed by atoms with E-state index in [1.165, 1.54) is 25.4 Å². The maximum absolute atomic E-state index is 12.5. The highest BCUT2D eigenvalue weighted by molar-refractivity contribution is 5.96. The fourth-order valence-electron chi connectivity index (χ4n) is 2.00. The van der Waals surface area contributed by atoms with Crippen LogP contribution in [-0.4, -0.2) is 24.5 Å². The first-order valence-electron chi connectivity index (χ1n) is 6.85. The van der Waals surface area contributed by atoms with Gasteiger partial charge in [0.05, 0.1) is 12.7 Å². The first-order chi connectivity index (χ1) is 10.9. The second kappa shape index (κ2) is 7.13. The average Bonchev–Trinajstić information content (AvgIpc) is 2.54. The number of nitrogens with one attached hydrogen (secondary N) is 1. The molecule has 0 saturated heterocycles. The number of ether oxygens (including phenoxy) is 1. The lowest BCUT2D eigenvalue weighted by Crippen LogP contribution is -2.26. The highest BCUT2D eigenvalue weighted by atomic mass is 19.4. The van der Waals surface area contributed by atoms with Crippen molar-refractivity contribution in [1.82, 2.24) is 10.3 Å². The van der Waals surface area contributed by atoms with Crippen LogP contribution in [0.1, 0.15) is 21.5 Å². The van der Waals surface area contributed by atoms with E-state index in [-0.39, 0.29) is 11.8 Å². The van der Waals surface area contributed by atoms with Crippen LogP contribution < -0.4 is 10.1 Å². The minimum Gasteiger partial charge on any atom is -0.480 e. The van der Waals surface area contributed by atoms with Gasteiger partial charge in [-0.25, -0.2) is 4.98 Å². The summed E-state index contributed by atoms with van der Waals surface area (Å²) >= 11 is 0. The van der Waals surface area contributed by atoms with Gasteiger partial charge in [-0.05, 0) is 36.2 Å². The van der Waals surface area contributed by atoms with E-state index in [4.69, 9.17) is 4.74 Å². The molecule has 122 valence electrons. The van der Waals surface area contributed by atoms with Crippen molar-refractivity contribution < 1.29 is 22.7 Å². The van der Waals surface area contributed by atoms with Crippen molar-refractivity contribution in [2.45, 2.75) is 12.6 Å². The van der Waals surface area contributed by atoms with E-state index < -0.39 is 11.7 Å². The molecule has 0 fully saturated rings. The van der Waals surface area contributed by atoms with Crippen LogP contribution >= 0.6 is 0 Å². The molecule has 2 aromatic rings. The molecule has 0 saturated carbocycles. The number of alkyl halides is 3. The van der Waals surface area contributed by atoms with Gasteiger partial charge in [-0.3, -0.25) is 4.79 Å². The first kappa shape index (κ1) is 16.8. The number of halogens is 3. The number of carbonyl (C=O) groups is 1. The molecule has 2 rings (SSSR count). The van der Waals surface area contributed by atoms with Crippen molar-refractivity contribution in [3.63, 3.8) is 0 Å². The summed E-state index contributed by atoms with van der Waals surface area (Å²) in [5.74, 6) is -0.124. The summed E-state index contributed by atoms with van der Waals surface area (Å²) < 4.78 is 42.4. The van der Waals surface area contributed by atoms with Gasteiger partial charge in [0.25, 0.3) is 5.91 Å². The Kier molecular flexibility index (Phi) is 5.20. The summed E-state index contributed by atoms with van der Waals surface area (Å²) in [6.07, 6.45) is -2.41. The van der Waals surface area contributed by atoms with Crippen LogP contribution in [0.3, 0.4) is 0 Å². The number of benzene rings is 1. The molecular formula is C16H15F3N2O2. The number of hydrogen-bond donors (Lipinski definition) is 1. The first-order valence-corrected chi connectivity index (χ1v) is 6.85. The average molecular weight is 324 g/mol. The van der Waals surface area contributed by atoms with Gasteiger partial charge in [0, 0.05) is 12.7 Å². The lowest BCUT2D eigenvalue weighted by Gasteiger charge is -2.09. The molecule has 0 atom stereocenters. The second-order valence-electron chi connectivity index (χ2n) is 4.76. The molecule has 0 aliphatic heterocycles. The predicted molar refractivity (Wildman–Crippen MR) is 78.3 cm³/mol. The summed E-state index contributed by atoms with van der Waals surface area (Å²) in [4.78, 5) is 15.9. The number of pyridine rings is 1. The van der Waals surface area contributed by atoms with E-state index in [2.05, 4.69) is 10.3 Å². The van der Waals surface area contributed by atoms with Gasteiger partial charge < -0.3 is 10.1 Å². The summed E-state index contributed by atoms with van der Waals surface area (Å²) in [5, 5.41) is 2.69. The maximum Gasteiger partial charge on any atom is 0.416 e. The van der Waals surface area contributed by atoms with Crippen LogP contribution in [0.4, 0.5) is 13.2 Å². The summed E-state index contributed by atoms with van der Waals surface area (Å²) in [6, 6.07) is 8.06. The van der Waals surface area contributed by atoms with Crippen LogP contribution in [-0.2, 0) is 12.6 Å². The molecule has 0 aliphatic rings. The van der Waals surface area contributed by atoms with E-state index in [1.807, 2.05) is 0 Å². The van der Waals surface area contributed by atoms with Crippen molar-refractivity contribution in [1.29, 1.82) is 0 Å². The highest BCUT2D eigenvalue weighted by Gasteiger charge is 2.29. The highest BCUT2D eigenvalue weighted by Crippen LogP contribution is 2.29. The zero-order valence-corrected chi connectivity index (χ0v) is 12.4. The molecule has 1 aromatic heterocycles. The SMILES string of the molecule is COc1ncccc1C(=O)NCCc1ccc(C(F)(F)F)cc1. The van der Waals surface area contributed by atoms with E-state index >= 15 is 0 Å². The van der Waals surface area contributed by atoms with Gasteiger partial charge in [-0.1, -0.05) is 12.1 Å². The van der Waals surface area contributed by atoms with Crippen molar-refractivity contribution >= 4 is 5.91 Å². The molecule has 4 nitrogen and oxygen atoms in total. The quantitative estimate of drug-likeness (QED) is 0.919. The lowest BCUT2D eigenvalue weighted by atomic mass is 10.1. The van der Waals surface area contributed by atoms with Gasteiger partial charge in [-0.2, -0.15) is 13.2 Å². The number of nitrogens with zero attached hydrogens (tertiary/aromatic N) is 1. The molecule has 0 bridgehead atoms. The number of rotatable bonds is 5. The zero-order chi connectivity index (χ0) is 16.9. The second-order valence-corrected chi connectivity index (χ2v) is 4.76. The monoisotopic (exact) mass is 324 g/mol. The molecule has 0 unspecified atom stereocenters. The van der Waals surface area contributed by atoms with E-state index in [0.717, 1.165) is 12.1 Å². The molecule has 7 heteroatoms. The Hall–Kier alpha value is -2.57. The Labute approximate surface area is 131 Å². The Balaban J connectivity index is 1.91. The van der Waals surface area contributed by atoms with Crippen LogP contribution in [0.15, 0.2) is 42.6 Å². The van der Waals surface area contributed by atoms with Crippen LogP contribution in [0.2, 0.25) is 0 Å². The maximum atomic E-state index is 12.5. The van der Waals surface area contributed by atoms with Gasteiger partial charge in [0.1, 0.15) is 5.56 Å². The molecule has 0 radical (unpaired) electrons. The van der Waals surface area contributed by atoms with Crippen molar-refractivity contribution in [2.24, 2.45) is 0 Å². The van der Waals surface area contributed by atoms with E-state index in [0.29, 0.717) is 24.1 Å². The third-order valence-corrected chi connectivity index (χ3v) is 3.19. The number of amides is 1. The number of hydrogen-bond acceptors (Lipinski definition) is 3. The minimum absolute atomic E-state index is 0.222. The minimum atomic E-state index is -4.34. The smallest absolute Gasteiger partial charge is 0.416 e. The zero-order valence-electron chi connectivity index (χ0n) is 12.4. The largest absolute Gasteiger partial charge is 0.480 e. The molecule has 23 heavy (non-hydrogen) atoms. The summed E-state index contributed by atoms with van der Waals surface area (Å²) in [5.41, 5.74) is 0.323. The van der Waals surface area contributed by atoms with Gasteiger partial charge in [0.2, 0.25) is 5.88 Å². The van der Waals surface area contributed by atoms with E-state index in [9.17, 15) is 18.0 Å². The normalized spacial score (nSPS) is 11.1. The Morgan fingerprint density at radius 2 is 1.91 bits per heavy atom. The van der Waals surface area contributed by atoms with Crippen LogP contribution in [0, 0.1) is 0 Å². The van der Waals surface area contributed by atoms with Crippen LogP contribution in [0.25, 0.3) is 0 Å². The van der Waals surface area contributed by atoms with Crippen molar-refractivity contribution in [3.8, 4) is 5.88 Å². The molecule has 1 N–H and O–H groups in total. The molecular weight excluding hydrogens is 309 g/mol. The third-order valence-electron chi connectivity index (χ3n) is 3.19. The lowest BCUT2D eigenvalue weighted by molar-refractivity contribution is -0.137.